The van der Waals surface area contributed by atoms with E-state index in [0.29, 0.717) is 0 Å². The van der Waals surface area contributed by atoms with E-state index in [-0.39, 0.29) is 29.0 Å². The lowest BCUT2D eigenvalue weighted by Gasteiger charge is -2.42. The third kappa shape index (κ3) is 3.21. The smallest absolute Gasteiger partial charge is 0.235 e. The third-order valence-electron chi connectivity index (χ3n) is 4.05. The number of rotatable bonds is 3. The van der Waals surface area contributed by atoms with E-state index in [1.807, 2.05) is 12.1 Å². The summed E-state index contributed by atoms with van der Waals surface area (Å²) in [5.74, 6) is 0.424. The maximum atomic E-state index is 11.6. The first-order chi connectivity index (χ1) is 9.05. The van der Waals surface area contributed by atoms with E-state index in [0.717, 1.165) is 31.2 Å². The second-order valence-electron chi connectivity index (χ2n) is 5.49. The highest BCUT2D eigenvalue weighted by Gasteiger charge is 2.38. The number of phenolic OH excluding ortho intramolecular Hbond substituents is 1. The summed E-state index contributed by atoms with van der Waals surface area (Å²) in [6, 6.07) is 7.29. The number of carbonyl (C=O) groups excluding carboxylic acids is 1. The number of aromatic hydroxyl groups is 1. The monoisotopic (exact) mass is 281 g/mol. The Hall–Kier alpha value is -1.22. The van der Waals surface area contributed by atoms with Crippen LogP contribution in [0.15, 0.2) is 24.3 Å². The Morgan fingerprint density at radius 1 is 1.42 bits per heavy atom. The molecule has 0 saturated heterocycles. The largest absolute Gasteiger partial charge is 0.508 e. The summed E-state index contributed by atoms with van der Waals surface area (Å²) in [5, 5.41) is 12.5. The van der Waals surface area contributed by atoms with Gasteiger partial charge in [0.25, 0.3) is 0 Å². The lowest BCUT2D eigenvalue weighted by molar-refractivity contribution is -0.121. The molecule has 2 N–H and O–H groups in total. The molecule has 1 aliphatic carbocycles. The van der Waals surface area contributed by atoms with Gasteiger partial charge in [0, 0.05) is 11.5 Å². The SMILES string of the molecule is CC1(NC(=O)CCl)CCCCC1c1ccc(O)cc1. The highest BCUT2D eigenvalue weighted by Crippen LogP contribution is 2.41. The lowest BCUT2D eigenvalue weighted by atomic mass is 9.70. The second kappa shape index (κ2) is 5.83. The first-order valence-electron chi connectivity index (χ1n) is 6.71. The quantitative estimate of drug-likeness (QED) is 0.836. The molecule has 1 saturated carbocycles. The number of carbonyl (C=O) groups is 1. The van der Waals surface area contributed by atoms with Crippen LogP contribution in [0.1, 0.15) is 44.1 Å². The van der Waals surface area contributed by atoms with Gasteiger partial charge in [0.05, 0.1) is 0 Å². The minimum Gasteiger partial charge on any atom is -0.508 e. The molecule has 3 nitrogen and oxygen atoms in total. The molecule has 1 aliphatic rings. The van der Waals surface area contributed by atoms with Gasteiger partial charge in [0.1, 0.15) is 11.6 Å². The predicted molar refractivity (Wildman–Crippen MR) is 76.6 cm³/mol. The van der Waals surface area contributed by atoms with Crippen molar-refractivity contribution in [2.45, 2.75) is 44.1 Å². The fourth-order valence-corrected chi connectivity index (χ4v) is 3.14. The van der Waals surface area contributed by atoms with Crippen molar-refractivity contribution in [1.29, 1.82) is 0 Å². The van der Waals surface area contributed by atoms with Crippen LogP contribution in [0, 0.1) is 0 Å². The number of phenols is 1. The van der Waals surface area contributed by atoms with Crippen molar-refractivity contribution in [2.75, 3.05) is 5.88 Å². The van der Waals surface area contributed by atoms with E-state index in [1.165, 1.54) is 0 Å². The molecule has 1 amide bonds. The Labute approximate surface area is 119 Å². The zero-order valence-corrected chi connectivity index (χ0v) is 11.9. The minimum atomic E-state index is -0.249. The number of hydrogen-bond donors (Lipinski definition) is 2. The van der Waals surface area contributed by atoms with Crippen molar-refractivity contribution in [2.24, 2.45) is 0 Å². The summed E-state index contributed by atoms with van der Waals surface area (Å²) < 4.78 is 0. The van der Waals surface area contributed by atoms with Crippen molar-refractivity contribution in [3.8, 4) is 5.75 Å². The van der Waals surface area contributed by atoms with E-state index >= 15 is 0 Å². The van der Waals surface area contributed by atoms with Gasteiger partial charge in [-0.3, -0.25) is 4.79 Å². The standard InChI is InChI=1S/C15H20ClNO2/c1-15(17-14(19)10-16)9-3-2-4-13(15)11-5-7-12(18)8-6-11/h5-8,13,18H,2-4,9-10H2,1H3,(H,17,19). The van der Waals surface area contributed by atoms with E-state index in [1.54, 1.807) is 12.1 Å². The second-order valence-corrected chi connectivity index (χ2v) is 5.76. The van der Waals surface area contributed by atoms with Crippen molar-refractivity contribution < 1.29 is 9.90 Å². The number of nitrogens with one attached hydrogen (secondary N) is 1. The average Bonchev–Trinajstić information content (AvgIpc) is 2.40. The maximum Gasteiger partial charge on any atom is 0.235 e. The van der Waals surface area contributed by atoms with E-state index < -0.39 is 0 Å². The van der Waals surface area contributed by atoms with Gasteiger partial charge in [-0.1, -0.05) is 25.0 Å². The number of halogens is 1. The molecule has 2 rings (SSSR count). The Balaban J connectivity index is 2.24. The summed E-state index contributed by atoms with van der Waals surface area (Å²) in [6.07, 6.45) is 4.29. The first-order valence-corrected chi connectivity index (χ1v) is 7.24. The molecular weight excluding hydrogens is 262 g/mol. The Morgan fingerprint density at radius 2 is 2.11 bits per heavy atom. The van der Waals surface area contributed by atoms with Crippen LogP contribution >= 0.6 is 11.6 Å². The maximum absolute atomic E-state index is 11.6. The normalized spacial score (nSPS) is 26.9. The van der Waals surface area contributed by atoms with E-state index in [2.05, 4.69) is 12.2 Å². The number of alkyl halides is 1. The first kappa shape index (κ1) is 14.2. The van der Waals surface area contributed by atoms with Gasteiger partial charge in [-0.05, 0) is 37.5 Å². The van der Waals surface area contributed by atoms with Gasteiger partial charge in [0.15, 0.2) is 0 Å². The van der Waals surface area contributed by atoms with Gasteiger partial charge >= 0.3 is 0 Å². The number of hydrogen-bond acceptors (Lipinski definition) is 2. The van der Waals surface area contributed by atoms with Crippen LogP contribution in [0.4, 0.5) is 0 Å². The molecule has 1 fully saturated rings. The molecule has 0 radical (unpaired) electrons. The molecule has 0 aromatic heterocycles. The molecule has 0 spiro atoms. The molecule has 0 bridgehead atoms. The highest BCUT2D eigenvalue weighted by atomic mass is 35.5. The summed E-state index contributed by atoms with van der Waals surface area (Å²) in [6.45, 7) is 2.09. The van der Waals surface area contributed by atoms with E-state index in [4.69, 9.17) is 11.6 Å². The average molecular weight is 282 g/mol. The predicted octanol–water partition coefficient (Wildman–Crippen LogP) is 3.16. The molecule has 19 heavy (non-hydrogen) atoms. The zero-order valence-electron chi connectivity index (χ0n) is 11.2. The van der Waals surface area contributed by atoms with Crippen LogP contribution in [0.25, 0.3) is 0 Å². The lowest BCUT2D eigenvalue weighted by Crippen LogP contribution is -2.52. The molecule has 2 unspecified atom stereocenters. The highest BCUT2D eigenvalue weighted by molar-refractivity contribution is 6.27. The number of benzene rings is 1. The molecule has 4 heteroatoms. The van der Waals surface area contributed by atoms with Crippen LogP contribution in [-0.2, 0) is 4.79 Å². The van der Waals surface area contributed by atoms with Crippen LogP contribution in [-0.4, -0.2) is 22.4 Å². The van der Waals surface area contributed by atoms with Gasteiger partial charge in [-0.15, -0.1) is 11.6 Å². The summed E-state index contributed by atoms with van der Waals surface area (Å²) in [4.78, 5) is 11.6. The summed E-state index contributed by atoms with van der Waals surface area (Å²) in [7, 11) is 0. The van der Waals surface area contributed by atoms with Crippen LogP contribution < -0.4 is 5.32 Å². The van der Waals surface area contributed by atoms with Gasteiger partial charge in [-0.25, -0.2) is 0 Å². The van der Waals surface area contributed by atoms with Crippen molar-refractivity contribution in [3.63, 3.8) is 0 Å². The summed E-state index contributed by atoms with van der Waals surface area (Å²) in [5.41, 5.74) is 0.913. The minimum absolute atomic E-state index is 0.00210. The van der Waals surface area contributed by atoms with Gasteiger partial charge in [0.2, 0.25) is 5.91 Å². The van der Waals surface area contributed by atoms with Crippen LogP contribution in [0.5, 0.6) is 5.75 Å². The molecular formula is C15H20ClNO2. The zero-order chi connectivity index (χ0) is 13.9. The Kier molecular flexibility index (Phi) is 4.35. The summed E-state index contributed by atoms with van der Waals surface area (Å²) >= 11 is 5.60. The Bertz CT molecular complexity index is 446. The van der Waals surface area contributed by atoms with Crippen LogP contribution in [0.3, 0.4) is 0 Å². The molecule has 104 valence electrons. The third-order valence-corrected chi connectivity index (χ3v) is 4.29. The van der Waals surface area contributed by atoms with Crippen molar-refractivity contribution in [1.82, 2.24) is 5.32 Å². The molecule has 0 aliphatic heterocycles. The molecule has 2 atom stereocenters. The Morgan fingerprint density at radius 3 is 2.74 bits per heavy atom. The fraction of sp³-hybridized carbons (Fsp3) is 0.533. The van der Waals surface area contributed by atoms with Gasteiger partial charge in [-0.2, -0.15) is 0 Å². The van der Waals surface area contributed by atoms with Crippen molar-refractivity contribution in [3.05, 3.63) is 29.8 Å². The number of amides is 1. The van der Waals surface area contributed by atoms with Crippen molar-refractivity contribution >= 4 is 17.5 Å². The molecule has 1 aromatic carbocycles. The topological polar surface area (TPSA) is 49.3 Å². The van der Waals surface area contributed by atoms with Gasteiger partial charge < -0.3 is 10.4 Å². The van der Waals surface area contributed by atoms with E-state index in [9.17, 15) is 9.90 Å². The molecule has 1 aromatic rings. The molecule has 0 heterocycles. The fourth-order valence-electron chi connectivity index (χ4n) is 3.08. The van der Waals surface area contributed by atoms with Crippen LogP contribution in [0.2, 0.25) is 0 Å².